The van der Waals surface area contributed by atoms with Gasteiger partial charge in [-0.1, -0.05) is 50.1 Å². The molecule has 0 bridgehead atoms. The second-order valence-corrected chi connectivity index (χ2v) is 5.21. The molecule has 4 heteroatoms. The van der Waals surface area contributed by atoms with Gasteiger partial charge in [-0.3, -0.25) is 4.79 Å². The van der Waals surface area contributed by atoms with E-state index in [1.807, 2.05) is 30.3 Å². The second kappa shape index (κ2) is 10.1. The Bertz CT molecular complexity index is 419. The monoisotopic (exact) mass is 291 g/mol. The largest absolute Gasteiger partial charge is 0.465 e. The number of unbranched alkanes of at least 4 members (excludes halogenated alkanes) is 2. The molecular formula is C17H25NO3. The highest BCUT2D eigenvalue weighted by Gasteiger charge is 2.20. The molecule has 0 saturated heterocycles. The fourth-order valence-electron chi connectivity index (χ4n) is 2.10. The fraction of sp³-hybridized carbons (Fsp3) is 0.529. The molecule has 1 rings (SSSR count). The van der Waals surface area contributed by atoms with Gasteiger partial charge in [0.1, 0.15) is 12.2 Å². The Morgan fingerprint density at radius 3 is 2.57 bits per heavy atom. The van der Waals surface area contributed by atoms with E-state index in [9.17, 15) is 9.59 Å². The van der Waals surface area contributed by atoms with E-state index in [1.54, 1.807) is 0 Å². The van der Waals surface area contributed by atoms with Crippen LogP contribution in [-0.2, 0) is 14.3 Å². The lowest BCUT2D eigenvalue weighted by atomic mass is 9.97. The molecule has 1 aromatic rings. The van der Waals surface area contributed by atoms with Crippen LogP contribution in [0.15, 0.2) is 30.3 Å². The van der Waals surface area contributed by atoms with Gasteiger partial charge in [0.15, 0.2) is 0 Å². The van der Waals surface area contributed by atoms with Crippen LogP contribution >= 0.6 is 0 Å². The highest BCUT2D eigenvalue weighted by Crippen LogP contribution is 2.18. The summed E-state index contributed by atoms with van der Waals surface area (Å²) in [6, 6.07) is 9.51. The second-order valence-electron chi connectivity index (χ2n) is 5.21. The number of esters is 1. The zero-order valence-electron chi connectivity index (χ0n) is 12.7. The Morgan fingerprint density at radius 2 is 1.95 bits per heavy atom. The van der Waals surface area contributed by atoms with Crippen molar-refractivity contribution in [1.82, 2.24) is 0 Å². The third kappa shape index (κ3) is 6.54. The summed E-state index contributed by atoms with van der Waals surface area (Å²) >= 11 is 0. The molecule has 116 valence electrons. The van der Waals surface area contributed by atoms with E-state index in [2.05, 4.69) is 6.92 Å². The molecule has 0 aliphatic heterocycles. The first-order valence-electron chi connectivity index (χ1n) is 7.61. The average molecular weight is 291 g/mol. The van der Waals surface area contributed by atoms with E-state index in [4.69, 9.17) is 10.5 Å². The van der Waals surface area contributed by atoms with Crippen molar-refractivity contribution in [2.75, 3.05) is 6.61 Å². The molecule has 0 aliphatic carbocycles. The Morgan fingerprint density at radius 1 is 1.24 bits per heavy atom. The van der Waals surface area contributed by atoms with Gasteiger partial charge in [0.05, 0.1) is 6.61 Å². The maximum atomic E-state index is 11.8. The van der Waals surface area contributed by atoms with Crippen LogP contribution in [0.25, 0.3) is 0 Å². The first-order chi connectivity index (χ1) is 10.2. The Labute approximate surface area is 126 Å². The molecule has 0 fully saturated rings. The van der Waals surface area contributed by atoms with Crippen molar-refractivity contribution in [3.05, 3.63) is 35.9 Å². The van der Waals surface area contributed by atoms with Gasteiger partial charge in [-0.05, 0) is 24.8 Å². The number of hydrogen-bond acceptors (Lipinski definition) is 4. The van der Waals surface area contributed by atoms with Gasteiger partial charge in [0.2, 0.25) is 0 Å². The first kappa shape index (κ1) is 17.4. The van der Waals surface area contributed by atoms with Gasteiger partial charge in [0.25, 0.3) is 0 Å². The molecule has 0 spiro atoms. The molecule has 0 aromatic heterocycles. The quantitative estimate of drug-likeness (QED) is 0.311. The molecular weight excluding hydrogens is 266 g/mol. The zero-order chi connectivity index (χ0) is 15.5. The lowest BCUT2D eigenvalue weighted by Crippen LogP contribution is -2.21. The summed E-state index contributed by atoms with van der Waals surface area (Å²) in [4.78, 5) is 22.8. The molecule has 0 aliphatic rings. The molecule has 4 nitrogen and oxygen atoms in total. The van der Waals surface area contributed by atoms with Gasteiger partial charge >= 0.3 is 5.97 Å². The van der Waals surface area contributed by atoms with E-state index in [0.717, 1.165) is 24.8 Å². The predicted octanol–water partition coefficient (Wildman–Crippen LogP) is 3.02. The normalized spacial score (nSPS) is 13.4. The highest BCUT2D eigenvalue weighted by molar-refractivity contribution is 5.87. The van der Waals surface area contributed by atoms with Crippen molar-refractivity contribution in [2.24, 2.45) is 11.7 Å². The Hall–Kier alpha value is -1.68. The highest BCUT2D eigenvalue weighted by atomic mass is 16.5. The maximum Gasteiger partial charge on any atom is 0.316 e. The number of aldehydes is 1. The van der Waals surface area contributed by atoms with E-state index >= 15 is 0 Å². The van der Waals surface area contributed by atoms with Gasteiger partial charge in [-0.25, -0.2) is 0 Å². The average Bonchev–Trinajstić information content (AvgIpc) is 2.52. The summed E-state index contributed by atoms with van der Waals surface area (Å²) in [6.07, 6.45) is 4.61. The van der Waals surface area contributed by atoms with Crippen LogP contribution in [0.4, 0.5) is 0 Å². The maximum absolute atomic E-state index is 11.8. The van der Waals surface area contributed by atoms with Crippen molar-refractivity contribution >= 4 is 12.3 Å². The van der Waals surface area contributed by atoms with Crippen LogP contribution in [0.5, 0.6) is 0 Å². The van der Waals surface area contributed by atoms with E-state index in [0.29, 0.717) is 25.7 Å². The third-order valence-electron chi connectivity index (χ3n) is 3.48. The van der Waals surface area contributed by atoms with Crippen LogP contribution < -0.4 is 5.73 Å². The lowest BCUT2D eigenvalue weighted by Gasteiger charge is -2.14. The molecule has 0 amide bonds. The first-order valence-corrected chi connectivity index (χ1v) is 7.61. The van der Waals surface area contributed by atoms with Gasteiger partial charge < -0.3 is 15.3 Å². The number of carbonyl (C=O) groups is 2. The minimum absolute atomic E-state index is 0.165. The molecule has 0 saturated carbocycles. The molecule has 2 N–H and O–H groups in total. The van der Waals surface area contributed by atoms with Crippen LogP contribution in [0.1, 0.15) is 50.6 Å². The van der Waals surface area contributed by atoms with Crippen LogP contribution in [0.2, 0.25) is 0 Å². The van der Waals surface area contributed by atoms with E-state index in [1.165, 1.54) is 0 Å². The number of ether oxygens (including phenoxy) is 1. The molecule has 21 heavy (non-hydrogen) atoms. The summed E-state index contributed by atoms with van der Waals surface area (Å²) in [5, 5.41) is 0. The van der Waals surface area contributed by atoms with Crippen molar-refractivity contribution in [3.8, 4) is 0 Å². The summed E-state index contributed by atoms with van der Waals surface area (Å²) in [6.45, 7) is 2.47. The van der Waals surface area contributed by atoms with Gasteiger partial charge in [-0.15, -0.1) is 0 Å². The summed E-state index contributed by atoms with van der Waals surface area (Å²) in [7, 11) is 0. The summed E-state index contributed by atoms with van der Waals surface area (Å²) < 4.78 is 5.12. The van der Waals surface area contributed by atoms with Crippen molar-refractivity contribution in [2.45, 2.75) is 45.1 Å². The SMILES string of the molecule is CCCCCOC(=O)C(C=O)CCC(N)c1ccccc1. The molecule has 0 heterocycles. The van der Waals surface area contributed by atoms with Gasteiger partial charge in [-0.2, -0.15) is 0 Å². The molecule has 2 atom stereocenters. The Kier molecular flexibility index (Phi) is 8.36. The number of carbonyl (C=O) groups excluding carboxylic acids is 2. The number of hydrogen-bond donors (Lipinski definition) is 1. The predicted molar refractivity (Wildman–Crippen MR) is 82.6 cm³/mol. The summed E-state index contributed by atoms with van der Waals surface area (Å²) in [5.74, 6) is -1.14. The third-order valence-corrected chi connectivity index (χ3v) is 3.48. The molecule has 0 radical (unpaired) electrons. The van der Waals surface area contributed by atoms with Crippen LogP contribution in [0, 0.1) is 5.92 Å². The standard InChI is InChI=1S/C17H25NO3/c1-2-3-7-12-21-17(20)15(13-19)10-11-16(18)14-8-5-4-6-9-14/h4-6,8-9,13,15-16H,2-3,7,10-12,18H2,1H3. The van der Waals surface area contributed by atoms with E-state index in [-0.39, 0.29) is 6.04 Å². The fourth-order valence-corrected chi connectivity index (χ4v) is 2.10. The minimum Gasteiger partial charge on any atom is -0.465 e. The van der Waals surface area contributed by atoms with Gasteiger partial charge in [0, 0.05) is 6.04 Å². The topological polar surface area (TPSA) is 69.4 Å². The molecule has 2 unspecified atom stereocenters. The summed E-state index contributed by atoms with van der Waals surface area (Å²) in [5.41, 5.74) is 7.08. The van der Waals surface area contributed by atoms with E-state index < -0.39 is 11.9 Å². The smallest absolute Gasteiger partial charge is 0.316 e. The minimum atomic E-state index is -0.707. The molecule has 1 aromatic carbocycles. The van der Waals surface area contributed by atoms with Crippen LogP contribution in [-0.4, -0.2) is 18.9 Å². The zero-order valence-corrected chi connectivity index (χ0v) is 12.7. The Balaban J connectivity index is 2.36. The van der Waals surface area contributed by atoms with Crippen molar-refractivity contribution < 1.29 is 14.3 Å². The van der Waals surface area contributed by atoms with Crippen molar-refractivity contribution in [3.63, 3.8) is 0 Å². The van der Waals surface area contributed by atoms with Crippen molar-refractivity contribution in [1.29, 1.82) is 0 Å². The number of rotatable bonds is 10. The van der Waals surface area contributed by atoms with Crippen LogP contribution in [0.3, 0.4) is 0 Å². The lowest BCUT2D eigenvalue weighted by molar-refractivity contribution is -0.150. The number of benzene rings is 1. The number of nitrogens with two attached hydrogens (primary N) is 1.